The first-order valence-electron chi connectivity index (χ1n) is 4.26. The van der Waals surface area contributed by atoms with Crippen LogP contribution in [0.25, 0.3) is 0 Å². The number of nitro benzene ring substituents is 1. The summed E-state index contributed by atoms with van der Waals surface area (Å²) in [5.74, 6) is -1.000. The number of esters is 1. The van der Waals surface area contributed by atoms with Crippen molar-refractivity contribution in [2.45, 2.75) is 10.7 Å². The Labute approximate surface area is 111 Å². The Hall–Kier alpha value is -1.04. The fourth-order valence-corrected chi connectivity index (χ4v) is 1.18. The van der Waals surface area contributed by atoms with Gasteiger partial charge in [-0.15, -0.1) is 0 Å². The number of nitro groups is 1. The maximum atomic E-state index is 11.2. The van der Waals surface area contributed by atoms with Crippen molar-refractivity contribution in [1.29, 1.82) is 0 Å². The predicted octanol–water partition coefficient (Wildman–Crippen LogP) is 3.18. The number of aryl methyl sites for hydroxylation is 1. The van der Waals surface area contributed by atoms with Crippen molar-refractivity contribution in [2.75, 3.05) is 0 Å². The molecule has 0 atom stereocenters. The lowest BCUT2D eigenvalue weighted by Gasteiger charge is -2.10. The zero-order valence-corrected chi connectivity index (χ0v) is 10.7. The number of halogens is 3. The topological polar surface area (TPSA) is 69.4 Å². The summed E-state index contributed by atoms with van der Waals surface area (Å²) in [5.41, 5.74) is 0.253. The summed E-state index contributed by atoms with van der Waals surface area (Å²) in [5, 5.41) is 10.5. The summed E-state index contributed by atoms with van der Waals surface area (Å²) in [7, 11) is 0. The first kappa shape index (κ1) is 14.0. The molecular formula is C9H6Cl3NO4. The van der Waals surface area contributed by atoms with Crippen molar-refractivity contribution in [3.8, 4) is 5.75 Å². The molecule has 1 aromatic carbocycles. The van der Waals surface area contributed by atoms with Crippen molar-refractivity contribution in [3.63, 3.8) is 0 Å². The molecule has 0 aromatic heterocycles. The summed E-state index contributed by atoms with van der Waals surface area (Å²) in [4.78, 5) is 21.2. The van der Waals surface area contributed by atoms with Gasteiger partial charge in [0.25, 0.3) is 9.48 Å². The van der Waals surface area contributed by atoms with E-state index < -0.39 is 14.7 Å². The van der Waals surface area contributed by atoms with Gasteiger partial charge in [-0.1, -0.05) is 34.8 Å². The van der Waals surface area contributed by atoms with E-state index in [-0.39, 0.29) is 11.4 Å². The van der Waals surface area contributed by atoms with Gasteiger partial charge in [0.1, 0.15) is 5.75 Å². The smallest absolute Gasteiger partial charge is 0.363 e. The van der Waals surface area contributed by atoms with E-state index in [0.717, 1.165) is 0 Å². The third-order valence-electron chi connectivity index (χ3n) is 1.81. The summed E-state index contributed by atoms with van der Waals surface area (Å²) >= 11 is 15.9. The lowest BCUT2D eigenvalue weighted by Crippen LogP contribution is -2.24. The lowest BCUT2D eigenvalue weighted by atomic mass is 10.2. The Morgan fingerprint density at radius 3 is 2.41 bits per heavy atom. The molecule has 0 saturated heterocycles. The minimum Gasteiger partial charge on any atom is -0.423 e. The third kappa shape index (κ3) is 3.73. The maximum Gasteiger partial charge on any atom is 0.363 e. The molecule has 17 heavy (non-hydrogen) atoms. The van der Waals surface area contributed by atoms with Gasteiger partial charge >= 0.3 is 5.97 Å². The molecule has 0 bridgehead atoms. The summed E-state index contributed by atoms with van der Waals surface area (Å²) < 4.78 is 2.55. The normalized spacial score (nSPS) is 11.1. The van der Waals surface area contributed by atoms with Crippen LogP contribution in [0.1, 0.15) is 5.56 Å². The number of carbonyl (C=O) groups excluding carboxylic acids is 1. The van der Waals surface area contributed by atoms with Crippen molar-refractivity contribution in [3.05, 3.63) is 33.9 Å². The summed E-state index contributed by atoms with van der Waals surface area (Å²) in [6, 6.07) is 3.77. The van der Waals surface area contributed by atoms with Crippen molar-refractivity contribution in [2.24, 2.45) is 0 Å². The molecule has 0 aliphatic heterocycles. The zero-order valence-electron chi connectivity index (χ0n) is 8.45. The molecule has 0 amide bonds. The second kappa shape index (κ2) is 5.08. The molecule has 0 fully saturated rings. The molecule has 0 N–H and O–H groups in total. The second-order valence-electron chi connectivity index (χ2n) is 3.09. The number of alkyl halides is 3. The van der Waals surface area contributed by atoms with Gasteiger partial charge in [0.05, 0.1) is 4.92 Å². The molecule has 8 heteroatoms. The van der Waals surface area contributed by atoms with Crippen molar-refractivity contribution >= 4 is 46.5 Å². The molecule has 0 aliphatic carbocycles. The standard InChI is InChI=1S/C9H6Cl3NO4/c1-5-4-6(2-3-7(5)13(15)16)17-8(14)9(10,11)12/h2-4H,1H3. The van der Waals surface area contributed by atoms with Crippen molar-refractivity contribution in [1.82, 2.24) is 0 Å². The highest BCUT2D eigenvalue weighted by atomic mass is 35.6. The van der Waals surface area contributed by atoms with E-state index in [0.29, 0.717) is 5.56 Å². The minimum absolute atomic E-state index is 0.0735. The van der Waals surface area contributed by atoms with Crippen LogP contribution in [-0.4, -0.2) is 14.7 Å². The lowest BCUT2D eigenvalue weighted by molar-refractivity contribution is -0.385. The van der Waals surface area contributed by atoms with Crippen LogP contribution in [0.4, 0.5) is 5.69 Å². The summed E-state index contributed by atoms with van der Waals surface area (Å²) in [6.07, 6.45) is 0. The van der Waals surface area contributed by atoms with Crippen LogP contribution in [-0.2, 0) is 4.79 Å². The van der Waals surface area contributed by atoms with Gasteiger partial charge in [-0.3, -0.25) is 10.1 Å². The molecule has 0 heterocycles. The molecule has 0 radical (unpaired) electrons. The Morgan fingerprint density at radius 2 is 2.00 bits per heavy atom. The van der Waals surface area contributed by atoms with Crippen LogP contribution >= 0.6 is 34.8 Å². The second-order valence-corrected chi connectivity index (χ2v) is 5.37. The number of nitrogens with zero attached hydrogens (tertiary/aromatic N) is 1. The molecule has 0 spiro atoms. The number of rotatable bonds is 2. The van der Waals surface area contributed by atoms with Gasteiger partial charge in [0, 0.05) is 11.6 Å². The summed E-state index contributed by atoms with van der Waals surface area (Å²) in [6.45, 7) is 1.50. The Morgan fingerprint density at radius 1 is 1.41 bits per heavy atom. The van der Waals surface area contributed by atoms with E-state index in [4.69, 9.17) is 39.5 Å². The average Bonchev–Trinajstić information content (AvgIpc) is 2.15. The molecule has 1 aromatic rings. The van der Waals surface area contributed by atoms with Gasteiger partial charge in [-0.2, -0.15) is 0 Å². The van der Waals surface area contributed by atoms with Crippen LogP contribution in [0.2, 0.25) is 0 Å². The fourth-order valence-electron chi connectivity index (χ4n) is 1.06. The quantitative estimate of drug-likeness (QED) is 0.276. The Kier molecular flexibility index (Phi) is 4.19. The van der Waals surface area contributed by atoms with E-state index in [2.05, 4.69) is 0 Å². The molecular weight excluding hydrogens is 292 g/mol. The van der Waals surface area contributed by atoms with Crippen LogP contribution < -0.4 is 4.74 Å². The van der Waals surface area contributed by atoms with Crippen molar-refractivity contribution < 1.29 is 14.5 Å². The molecule has 92 valence electrons. The number of hydrogen-bond donors (Lipinski definition) is 0. The third-order valence-corrected chi connectivity index (χ3v) is 2.27. The van der Waals surface area contributed by atoms with Crippen LogP contribution in [0.5, 0.6) is 5.75 Å². The molecule has 0 saturated carbocycles. The average molecular weight is 299 g/mol. The van der Waals surface area contributed by atoms with E-state index in [1.807, 2.05) is 0 Å². The number of carbonyl (C=O) groups is 1. The highest BCUT2D eigenvalue weighted by molar-refractivity contribution is 6.75. The number of benzene rings is 1. The van der Waals surface area contributed by atoms with Gasteiger partial charge in [-0.25, -0.2) is 4.79 Å². The molecule has 5 nitrogen and oxygen atoms in total. The van der Waals surface area contributed by atoms with E-state index >= 15 is 0 Å². The van der Waals surface area contributed by atoms with Crippen LogP contribution in [0, 0.1) is 17.0 Å². The zero-order chi connectivity index (χ0) is 13.2. The first-order chi connectivity index (χ1) is 7.71. The largest absolute Gasteiger partial charge is 0.423 e. The number of hydrogen-bond acceptors (Lipinski definition) is 4. The Bertz CT molecular complexity index is 470. The van der Waals surface area contributed by atoms with Crippen LogP contribution in [0.3, 0.4) is 0 Å². The van der Waals surface area contributed by atoms with Gasteiger partial charge in [0.2, 0.25) is 0 Å². The van der Waals surface area contributed by atoms with Gasteiger partial charge in [0.15, 0.2) is 0 Å². The highest BCUT2D eigenvalue weighted by Crippen LogP contribution is 2.30. The van der Waals surface area contributed by atoms with E-state index in [1.54, 1.807) is 0 Å². The Balaban J connectivity index is 2.92. The first-order valence-corrected chi connectivity index (χ1v) is 5.39. The monoisotopic (exact) mass is 297 g/mol. The van der Waals surface area contributed by atoms with E-state index in [9.17, 15) is 14.9 Å². The van der Waals surface area contributed by atoms with Gasteiger partial charge < -0.3 is 4.74 Å². The van der Waals surface area contributed by atoms with E-state index in [1.165, 1.54) is 25.1 Å². The highest BCUT2D eigenvalue weighted by Gasteiger charge is 2.33. The molecule has 0 aliphatic rings. The maximum absolute atomic E-state index is 11.2. The minimum atomic E-state index is -2.18. The predicted molar refractivity (Wildman–Crippen MR) is 63.8 cm³/mol. The molecule has 0 unspecified atom stereocenters. The fraction of sp³-hybridized carbons (Fsp3) is 0.222. The molecule has 1 rings (SSSR count). The number of ether oxygens (including phenoxy) is 1. The SMILES string of the molecule is Cc1cc(OC(=O)C(Cl)(Cl)Cl)ccc1[N+](=O)[O-]. The van der Waals surface area contributed by atoms with Gasteiger partial charge in [-0.05, 0) is 19.1 Å². The van der Waals surface area contributed by atoms with Crippen LogP contribution in [0.15, 0.2) is 18.2 Å².